The number of hydrogen-bond acceptors (Lipinski definition) is 1. The summed E-state index contributed by atoms with van der Waals surface area (Å²) in [6, 6.07) is 0. The van der Waals surface area contributed by atoms with Crippen LogP contribution in [0.5, 0.6) is 0 Å². The second-order valence-electron chi connectivity index (χ2n) is 8.89. The maximum atomic E-state index is 11.2. The summed E-state index contributed by atoms with van der Waals surface area (Å²) in [6.07, 6.45) is 14.6. The third-order valence-electron chi connectivity index (χ3n) is 8.02. The highest BCUT2D eigenvalue weighted by molar-refractivity contribution is 5.50. The number of aldehydes is 1. The van der Waals surface area contributed by atoms with Gasteiger partial charge in [0, 0.05) is 6.42 Å². The summed E-state index contributed by atoms with van der Waals surface area (Å²) in [5.41, 5.74) is 1.09. The molecule has 3 rings (SSSR count). The van der Waals surface area contributed by atoms with E-state index in [1.54, 1.807) is 0 Å². The third-order valence-corrected chi connectivity index (χ3v) is 8.02. The van der Waals surface area contributed by atoms with Crippen molar-refractivity contribution in [2.75, 3.05) is 0 Å². The molecular weight excluding hydrogens is 280 g/mol. The van der Waals surface area contributed by atoms with Crippen molar-refractivity contribution >= 4 is 6.29 Å². The van der Waals surface area contributed by atoms with Crippen molar-refractivity contribution in [2.45, 2.75) is 98.8 Å². The van der Waals surface area contributed by atoms with Gasteiger partial charge in [0.1, 0.15) is 6.29 Å². The summed E-state index contributed by atoms with van der Waals surface area (Å²) in [4.78, 5) is 11.2. The minimum Gasteiger partial charge on any atom is -0.303 e. The number of hydrogen-bond donors (Lipinski definition) is 0. The molecule has 0 aromatic heterocycles. The lowest BCUT2D eigenvalue weighted by Gasteiger charge is -2.58. The molecular formula is C22H40O. The van der Waals surface area contributed by atoms with Gasteiger partial charge in [-0.15, -0.1) is 0 Å². The zero-order chi connectivity index (χ0) is 17.1. The van der Waals surface area contributed by atoms with Crippen molar-refractivity contribution in [1.29, 1.82) is 0 Å². The predicted octanol–water partition coefficient (Wildman–Crippen LogP) is 6.65. The number of carbonyl (C=O) groups excluding carboxylic acids is 1. The molecule has 0 N–H and O–H groups in total. The first kappa shape index (κ1) is 19.0. The highest BCUT2D eigenvalue weighted by Gasteiger charge is 2.56. The van der Waals surface area contributed by atoms with Gasteiger partial charge in [0.2, 0.25) is 0 Å². The van der Waals surface area contributed by atoms with Crippen LogP contribution in [0.25, 0.3) is 0 Å². The lowest BCUT2D eigenvalue weighted by atomic mass is 9.46. The highest BCUT2D eigenvalue weighted by atomic mass is 16.1. The zero-order valence-corrected chi connectivity index (χ0v) is 16.4. The van der Waals surface area contributed by atoms with Gasteiger partial charge in [-0.25, -0.2) is 0 Å². The molecule has 1 heteroatoms. The van der Waals surface area contributed by atoms with Crippen LogP contribution in [0.2, 0.25) is 0 Å². The first-order valence-corrected chi connectivity index (χ1v) is 10.5. The topological polar surface area (TPSA) is 17.1 Å². The van der Waals surface area contributed by atoms with Gasteiger partial charge in [-0.05, 0) is 79.4 Å². The quantitative estimate of drug-likeness (QED) is 0.530. The van der Waals surface area contributed by atoms with E-state index in [1.165, 1.54) is 64.1 Å². The normalized spacial score (nSPS) is 45.4. The molecule has 0 bridgehead atoms. The zero-order valence-electron chi connectivity index (χ0n) is 16.4. The lowest BCUT2D eigenvalue weighted by Crippen LogP contribution is -2.50. The fraction of sp³-hybridized carbons (Fsp3) is 0.955. The molecule has 3 aliphatic carbocycles. The van der Waals surface area contributed by atoms with Crippen LogP contribution in [0.15, 0.2) is 0 Å². The summed E-state index contributed by atoms with van der Waals surface area (Å²) >= 11 is 0. The van der Waals surface area contributed by atoms with Crippen molar-refractivity contribution in [2.24, 2.45) is 34.5 Å². The fourth-order valence-corrected chi connectivity index (χ4v) is 6.96. The molecule has 0 amide bonds. The van der Waals surface area contributed by atoms with Crippen molar-refractivity contribution < 1.29 is 4.79 Å². The van der Waals surface area contributed by atoms with Gasteiger partial charge < -0.3 is 4.79 Å². The summed E-state index contributed by atoms with van der Waals surface area (Å²) in [6.45, 7) is 11.4. The minimum atomic E-state index is 0.433. The van der Waals surface area contributed by atoms with Crippen LogP contribution in [0.1, 0.15) is 98.8 Å². The van der Waals surface area contributed by atoms with E-state index in [2.05, 4.69) is 20.8 Å². The molecule has 6 unspecified atom stereocenters. The predicted molar refractivity (Wildman–Crippen MR) is 99.4 cm³/mol. The Labute approximate surface area is 145 Å². The average molecular weight is 321 g/mol. The van der Waals surface area contributed by atoms with Gasteiger partial charge in [-0.1, -0.05) is 47.5 Å². The van der Waals surface area contributed by atoms with Gasteiger partial charge in [-0.2, -0.15) is 0 Å². The van der Waals surface area contributed by atoms with Crippen molar-refractivity contribution in [3.63, 3.8) is 0 Å². The van der Waals surface area contributed by atoms with Gasteiger partial charge in [0.05, 0.1) is 0 Å². The summed E-state index contributed by atoms with van der Waals surface area (Å²) in [7, 11) is 0. The van der Waals surface area contributed by atoms with Crippen LogP contribution in [0.4, 0.5) is 0 Å². The van der Waals surface area contributed by atoms with Crippen LogP contribution in [-0.2, 0) is 4.79 Å². The molecule has 134 valence electrons. The molecule has 0 spiro atoms. The third kappa shape index (κ3) is 3.27. The van der Waals surface area contributed by atoms with Gasteiger partial charge >= 0.3 is 0 Å². The van der Waals surface area contributed by atoms with Gasteiger partial charge in [0.15, 0.2) is 0 Å². The second kappa shape index (κ2) is 7.70. The second-order valence-corrected chi connectivity index (χ2v) is 8.89. The van der Waals surface area contributed by atoms with Crippen LogP contribution in [0.3, 0.4) is 0 Å². The van der Waals surface area contributed by atoms with E-state index >= 15 is 0 Å². The Kier molecular flexibility index (Phi) is 6.36. The smallest absolute Gasteiger partial charge is 0.120 e. The number of fused-ring (bicyclic) bond motifs is 3. The van der Waals surface area contributed by atoms with E-state index in [0.717, 1.165) is 24.2 Å². The fourth-order valence-electron chi connectivity index (χ4n) is 6.96. The molecule has 0 radical (unpaired) electrons. The Bertz CT molecular complexity index is 389. The van der Waals surface area contributed by atoms with E-state index in [-0.39, 0.29) is 0 Å². The first-order valence-electron chi connectivity index (χ1n) is 10.5. The Hall–Kier alpha value is -0.330. The standard InChI is InChI=1S/C20H34O.C2H6/c1-4-11-20(3)15(10-14-21)7-8-16-17-6-5-12-19(17,2)13-9-18(16)20;1-2/h14-18H,4-13H2,1-3H3;1-2H3. The maximum Gasteiger partial charge on any atom is 0.120 e. The molecule has 0 aromatic rings. The molecule has 0 saturated heterocycles. The Morgan fingerprint density at radius 3 is 2.39 bits per heavy atom. The Morgan fingerprint density at radius 1 is 1.00 bits per heavy atom. The Morgan fingerprint density at radius 2 is 1.74 bits per heavy atom. The Balaban J connectivity index is 0.000000924. The monoisotopic (exact) mass is 320 g/mol. The molecule has 3 saturated carbocycles. The van der Waals surface area contributed by atoms with E-state index in [1.807, 2.05) is 13.8 Å². The van der Waals surface area contributed by atoms with Crippen LogP contribution < -0.4 is 0 Å². The van der Waals surface area contributed by atoms with E-state index in [4.69, 9.17) is 0 Å². The average Bonchev–Trinajstić information content (AvgIpc) is 2.94. The van der Waals surface area contributed by atoms with Crippen LogP contribution >= 0.6 is 0 Å². The van der Waals surface area contributed by atoms with Gasteiger partial charge in [-0.3, -0.25) is 0 Å². The molecule has 6 atom stereocenters. The highest BCUT2D eigenvalue weighted by Crippen LogP contribution is 2.65. The van der Waals surface area contributed by atoms with E-state index in [9.17, 15) is 4.79 Å². The van der Waals surface area contributed by atoms with Crippen molar-refractivity contribution in [3.05, 3.63) is 0 Å². The molecule has 1 nitrogen and oxygen atoms in total. The molecule has 0 aromatic carbocycles. The van der Waals surface area contributed by atoms with Crippen LogP contribution in [0, 0.1) is 34.5 Å². The van der Waals surface area contributed by atoms with E-state index in [0.29, 0.717) is 16.7 Å². The van der Waals surface area contributed by atoms with Crippen molar-refractivity contribution in [1.82, 2.24) is 0 Å². The largest absolute Gasteiger partial charge is 0.303 e. The maximum absolute atomic E-state index is 11.2. The molecule has 3 fully saturated rings. The number of rotatable bonds is 4. The minimum absolute atomic E-state index is 0.433. The number of carbonyl (C=O) groups is 1. The molecule has 0 heterocycles. The first-order chi connectivity index (χ1) is 11.0. The van der Waals surface area contributed by atoms with Gasteiger partial charge in [0.25, 0.3) is 0 Å². The van der Waals surface area contributed by atoms with Crippen molar-refractivity contribution in [3.8, 4) is 0 Å². The molecule has 0 aliphatic heterocycles. The summed E-state index contributed by atoms with van der Waals surface area (Å²) in [5.74, 6) is 3.50. The summed E-state index contributed by atoms with van der Waals surface area (Å²) < 4.78 is 0. The molecule has 3 aliphatic rings. The van der Waals surface area contributed by atoms with Crippen LogP contribution in [-0.4, -0.2) is 6.29 Å². The lowest BCUT2D eigenvalue weighted by molar-refractivity contribution is -0.117. The van der Waals surface area contributed by atoms with E-state index < -0.39 is 0 Å². The SMILES string of the molecule is CC.CCCC1(C)C(CC=O)CCC2C3CCCC3(C)CCC21. The summed E-state index contributed by atoms with van der Waals surface area (Å²) in [5, 5.41) is 0. The molecule has 23 heavy (non-hydrogen) atoms.